The molecular weight excluding hydrogens is 346 g/mol. The second-order valence-electron chi connectivity index (χ2n) is 7.27. The van der Waals surface area contributed by atoms with Crippen LogP contribution in [0.3, 0.4) is 0 Å². The number of carbonyl (C=O) groups excluding carboxylic acids is 2. The SMILES string of the molecule is CCCCNC(=O)[C@@H]1CC[C@H](C)N(C(=O)NCc2ccc3c(c2)OCO3)C1. The average Bonchev–Trinajstić information content (AvgIpc) is 3.14. The van der Waals surface area contributed by atoms with Gasteiger partial charge in [0.2, 0.25) is 12.7 Å². The largest absolute Gasteiger partial charge is 0.454 e. The van der Waals surface area contributed by atoms with Crippen LogP contribution in [0.15, 0.2) is 18.2 Å². The highest BCUT2D eigenvalue weighted by atomic mass is 16.7. The van der Waals surface area contributed by atoms with Crippen molar-refractivity contribution in [3.05, 3.63) is 23.8 Å². The van der Waals surface area contributed by atoms with Crippen molar-refractivity contribution in [3.63, 3.8) is 0 Å². The lowest BCUT2D eigenvalue weighted by Gasteiger charge is -2.37. The molecule has 2 atom stereocenters. The number of hydrogen-bond acceptors (Lipinski definition) is 4. The second kappa shape index (κ2) is 8.97. The number of hydrogen-bond donors (Lipinski definition) is 2. The van der Waals surface area contributed by atoms with E-state index in [4.69, 9.17) is 9.47 Å². The summed E-state index contributed by atoms with van der Waals surface area (Å²) in [6.07, 6.45) is 3.69. The summed E-state index contributed by atoms with van der Waals surface area (Å²) >= 11 is 0. The van der Waals surface area contributed by atoms with E-state index in [0.717, 1.165) is 37.0 Å². The molecule has 0 spiro atoms. The van der Waals surface area contributed by atoms with Gasteiger partial charge in [0.05, 0.1) is 5.92 Å². The lowest BCUT2D eigenvalue weighted by atomic mass is 9.93. The maximum Gasteiger partial charge on any atom is 0.317 e. The lowest BCUT2D eigenvalue weighted by molar-refractivity contribution is -0.126. The second-order valence-corrected chi connectivity index (χ2v) is 7.27. The number of nitrogens with one attached hydrogen (secondary N) is 2. The van der Waals surface area contributed by atoms with Crippen LogP contribution < -0.4 is 20.1 Å². The molecule has 0 aromatic heterocycles. The van der Waals surface area contributed by atoms with Crippen molar-refractivity contribution in [1.29, 1.82) is 0 Å². The van der Waals surface area contributed by atoms with Crippen molar-refractivity contribution in [2.45, 2.75) is 52.1 Å². The van der Waals surface area contributed by atoms with E-state index in [0.29, 0.717) is 25.4 Å². The summed E-state index contributed by atoms with van der Waals surface area (Å²) in [5.74, 6) is 1.36. The molecule has 0 unspecified atom stereocenters. The Morgan fingerprint density at radius 1 is 1.19 bits per heavy atom. The molecule has 1 aromatic carbocycles. The van der Waals surface area contributed by atoms with Gasteiger partial charge in [-0.2, -0.15) is 0 Å². The molecule has 7 heteroatoms. The molecule has 2 aliphatic heterocycles. The summed E-state index contributed by atoms with van der Waals surface area (Å²) in [5, 5.41) is 5.95. The topological polar surface area (TPSA) is 79.9 Å². The highest BCUT2D eigenvalue weighted by molar-refractivity contribution is 5.81. The summed E-state index contributed by atoms with van der Waals surface area (Å²) in [4.78, 5) is 26.8. The van der Waals surface area contributed by atoms with E-state index in [1.54, 1.807) is 4.90 Å². The Hall–Kier alpha value is -2.44. The molecule has 0 bridgehead atoms. The first-order chi connectivity index (χ1) is 13.1. The highest BCUT2D eigenvalue weighted by Crippen LogP contribution is 2.32. The van der Waals surface area contributed by atoms with Gasteiger partial charge in [-0.25, -0.2) is 4.79 Å². The van der Waals surface area contributed by atoms with E-state index >= 15 is 0 Å². The maximum atomic E-state index is 12.7. The van der Waals surface area contributed by atoms with Crippen LogP contribution >= 0.6 is 0 Å². The van der Waals surface area contributed by atoms with Crippen LogP contribution in [0.4, 0.5) is 4.79 Å². The zero-order chi connectivity index (χ0) is 19.2. The normalized spacial score (nSPS) is 21.0. The quantitative estimate of drug-likeness (QED) is 0.749. The van der Waals surface area contributed by atoms with Crippen molar-refractivity contribution in [1.82, 2.24) is 15.5 Å². The molecule has 2 aliphatic rings. The standard InChI is InChI=1S/C20H29N3O4/c1-3-4-9-21-19(24)16-7-5-14(2)23(12-16)20(25)22-11-15-6-8-17-18(10-15)27-13-26-17/h6,8,10,14,16H,3-5,7,9,11-13H2,1-2H3,(H,21,24)(H,22,25)/t14-,16+/m0/s1. The van der Waals surface area contributed by atoms with Crippen molar-refractivity contribution in [3.8, 4) is 11.5 Å². The number of piperidine rings is 1. The molecule has 0 radical (unpaired) electrons. The van der Waals surface area contributed by atoms with Crippen molar-refractivity contribution < 1.29 is 19.1 Å². The third-order valence-corrected chi connectivity index (χ3v) is 5.22. The number of ether oxygens (including phenoxy) is 2. The summed E-state index contributed by atoms with van der Waals surface area (Å²) in [6.45, 7) is 5.94. The number of rotatable bonds is 6. The van der Waals surface area contributed by atoms with Crippen LogP contribution in [0.2, 0.25) is 0 Å². The minimum absolute atomic E-state index is 0.0592. The lowest BCUT2D eigenvalue weighted by Crippen LogP contribution is -2.52. The van der Waals surface area contributed by atoms with Gasteiger partial charge in [-0.1, -0.05) is 19.4 Å². The first kappa shape index (κ1) is 19.3. The molecule has 3 amide bonds. The predicted molar refractivity (Wildman–Crippen MR) is 102 cm³/mol. The number of benzene rings is 1. The van der Waals surface area contributed by atoms with Gasteiger partial charge in [0, 0.05) is 25.7 Å². The summed E-state index contributed by atoms with van der Waals surface area (Å²) in [7, 11) is 0. The Kier molecular flexibility index (Phi) is 6.42. The number of fused-ring (bicyclic) bond motifs is 1. The first-order valence-electron chi connectivity index (χ1n) is 9.79. The number of carbonyl (C=O) groups is 2. The van der Waals surface area contributed by atoms with Gasteiger partial charge in [0.25, 0.3) is 0 Å². The smallest absolute Gasteiger partial charge is 0.317 e. The molecule has 2 N–H and O–H groups in total. The molecule has 2 heterocycles. The number of unbranched alkanes of at least 4 members (excludes halogenated alkanes) is 1. The van der Waals surface area contributed by atoms with Crippen LogP contribution in [-0.2, 0) is 11.3 Å². The summed E-state index contributed by atoms with van der Waals surface area (Å²) in [6, 6.07) is 5.64. The minimum atomic E-state index is -0.133. The number of urea groups is 1. The fourth-order valence-electron chi connectivity index (χ4n) is 3.47. The van der Waals surface area contributed by atoms with E-state index in [9.17, 15) is 9.59 Å². The van der Waals surface area contributed by atoms with Gasteiger partial charge in [-0.05, 0) is 43.9 Å². The van der Waals surface area contributed by atoms with Crippen LogP contribution in [-0.4, -0.2) is 42.8 Å². The zero-order valence-corrected chi connectivity index (χ0v) is 16.1. The molecule has 3 rings (SSSR count). The van der Waals surface area contributed by atoms with Crippen LogP contribution in [0.5, 0.6) is 11.5 Å². The summed E-state index contributed by atoms with van der Waals surface area (Å²) < 4.78 is 10.7. The fraction of sp³-hybridized carbons (Fsp3) is 0.600. The van der Waals surface area contributed by atoms with E-state index in [-0.39, 0.29) is 30.7 Å². The van der Waals surface area contributed by atoms with Gasteiger partial charge in [-0.3, -0.25) is 4.79 Å². The number of nitrogens with zero attached hydrogens (tertiary/aromatic N) is 1. The monoisotopic (exact) mass is 375 g/mol. The van der Waals surface area contributed by atoms with Gasteiger partial charge in [0.15, 0.2) is 11.5 Å². The van der Waals surface area contributed by atoms with E-state index in [2.05, 4.69) is 17.6 Å². The fourth-order valence-corrected chi connectivity index (χ4v) is 3.47. The Bertz CT molecular complexity index is 679. The molecule has 1 saturated heterocycles. The van der Waals surface area contributed by atoms with E-state index in [1.165, 1.54) is 0 Å². The van der Waals surface area contributed by atoms with Crippen LogP contribution in [0.1, 0.15) is 45.1 Å². The molecule has 0 saturated carbocycles. The van der Waals surface area contributed by atoms with Gasteiger partial charge < -0.3 is 25.0 Å². The molecule has 1 aromatic rings. The number of likely N-dealkylation sites (tertiary alicyclic amines) is 1. The zero-order valence-electron chi connectivity index (χ0n) is 16.1. The Morgan fingerprint density at radius 2 is 2.00 bits per heavy atom. The van der Waals surface area contributed by atoms with E-state index in [1.807, 2.05) is 25.1 Å². The average molecular weight is 375 g/mol. The van der Waals surface area contributed by atoms with Gasteiger partial charge >= 0.3 is 6.03 Å². The first-order valence-corrected chi connectivity index (χ1v) is 9.79. The molecule has 148 valence electrons. The third kappa shape index (κ3) is 4.84. The molecule has 1 fully saturated rings. The predicted octanol–water partition coefficient (Wildman–Crippen LogP) is 2.64. The summed E-state index contributed by atoms with van der Waals surface area (Å²) in [5.41, 5.74) is 0.950. The van der Waals surface area contributed by atoms with Gasteiger partial charge in [0.1, 0.15) is 0 Å². The Morgan fingerprint density at radius 3 is 2.81 bits per heavy atom. The highest BCUT2D eigenvalue weighted by Gasteiger charge is 2.32. The third-order valence-electron chi connectivity index (χ3n) is 5.22. The van der Waals surface area contributed by atoms with Gasteiger partial charge in [-0.15, -0.1) is 0 Å². The molecule has 27 heavy (non-hydrogen) atoms. The van der Waals surface area contributed by atoms with Crippen molar-refractivity contribution in [2.75, 3.05) is 19.9 Å². The van der Waals surface area contributed by atoms with Crippen molar-refractivity contribution >= 4 is 11.9 Å². The maximum absolute atomic E-state index is 12.7. The van der Waals surface area contributed by atoms with Crippen LogP contribution in [0.25, 0.3) is 0 Å². The Labute approximate surface area is 160 Å². The minimum Gasteiger partial charge on any atom is -0.454 e. The van der Waals surface area contributed by atoms with Crippen molar-refractivity contribution in [2.24, 2.45) is 5.92 Å². The van der Waals surface area contributed by atoms with E-state index < -0.39 is 0 Å². The van der Waals surface area contributed by atoms with Crippen LogP contribution in [0, 0.1) is 5.92 Å². The molecular formula is C20H29N3O4. The number of amides is 3. The molecule has 0 aliphatic carbocycles. The Balaban J connectivity index is 1.52. The molecule has 7 nitrogen and oxygen atoms in total.